The predicted octanol–water partition coefficient (Wildman–Crippen LogP) is 0.818. The summed E-state index contributed by atoms with van der Waals surface area (Å²) >= 11 is 0. The van der Waals surface area contributed by atoms with Crippen molar-refractivity contribution in [3.05, 3.63) is 0 Å². The minimum atomic E-state index is -0.406. The Morgan fingerprint density at radius 1 is 1.50 bits per heavy atom. The first-order valence-corrected chi connectivity index (χ1v) is 5.69. The lowest BCUT2D eigenvalue weighted by Crippen LogP contribution is -2.43. The van der Waals surface area contributed by atoms with Gasteiger partial charge >= 0.3 is 0 Å². The largest absolute Gasteiger partial charge is 0.394 e. The molecular formula is C11H24N2O. The molecule has 0 aromatic carbocycles. The third-order valence-corrected chi connectivity index (χ3v) is 3.02. The maximum absolute atomic E-state index is 9.03. The topological polar surface area (TPSA) is 49.5 Å². The molecule has 0 radical (unpaired) electrons. The maximum Gasteiger partial charge on any atom is 0.0608 e. The number of nitrogens with zero attached hydrogens (tertiary/aromatic N) is 1. The quantitative estimate of drug-likeness (QED) is 0.639. The van der Waals surface area contributed by atoms with Crippen LogP contribution in [0.4, 0.5) is 0 Å². The highest BCUT2D eigenvalue weighted by atomic mass is 16.3. The molecule has 0 saturated heterocycles. The second-order valence-corrected chi connectivity index (χ2v) is 4.90. The summed E-state index contributed by atoms with van der Waals surface area (Å²) in [6.07, 6.45) is 3.68. The summed E-state index contributed by atoms with van der Waals surface area (Å²) in [6, 6.07) is 0. The van der Waals surface area contributed by atoms with Gasteiger partial charge in [-0.25, -0.2) is 0 Å². The van der Waals surface area contributed by atoms with Crippen molar-refractivity contribution < 1.29 is 5.11 Å². The van der Waals surface area contributed by atoms with Gasteiger partial charge in [0.15, 0.2) is 0 Å². The Morgan fingerprint density at radius 2 is 2.14 bits per heavy atom. The molecule has 1 unspecified atom stereocenters. The summed E-state index contributed by atoms with van der Waals surface area (Å²) in [5.74, 6) is 0.938. The average Bonchev–Trinajstić information content (AvgIpc) is 2.96. The van der Waals surface area contributed by atoms with Crippen molar-refractivity contribution in [1.82, 2.24) is 4.90 Å². The van der Waals surface area contributed by atoms with Crippen molar-refractivity contribution in [2.45, 2.75) is 38.6 Å². The highest BCUT2D eigenvalue weighted by Crippen LogP contribution is 2.29. The Bertz CT molecular complexity index is 167. The molecule has 1 atom stereocenters. The second-order valence-electron chi connectivity index (χ2n) is 4.90. The van der Waals surface area contributed by atoms with Gasteiger partial charge in [0.25, 0.3) is 0 Å². The van der Waals surface area contributed by atoms with Gasteiger partial charge in [0.05, 0.1) is 6.61 Å². The van der Waals surface area contributed by atoms with E-state index in [2.05, 4.69) is 11.8 Å². The molecule has 84 valence electrons. The van der Waals surface area contributed by atoms with E-state index in [4.69, 9.17) is 10.8 Å². The van der Waals surface area contributed by atoms with Crippen LogP contribution in [0.5, 0.6) is 0 Å². The molecule has 0 aromatic heterocycles. The van der Waals surface area contributed by atoms with Crippen LogP contribution in [-0.2, 0) is 0 Å². The first kappa shape index (κ1) is 12.0. The molecule has 1 fully saturated rings. The van der Waals surface area contributed by atoms with Gasteiger partial charge in [0.2, 0.25) is 0 Å². The third kappa shape index (κ3) is 4.40. The highest BCUT2D eigenvalue weighted by Gasteiger charge is 2.25. The number of aliphatic hydroxyl groups excluding tert-OH is 1. The minimum absolute atomic E-state index is 0.0774. The zero-order chi connectivity index (χ0) is 10.6. The van der Waals surface area contributed by atoms with Crippen LogP contribution in [0.1, 0.15) is 33.1 Å². The Balaban J connectivity index is 2.18. The molecule has 0 heterocycles. The average molecular weight is 200 g/mol. The Morgan fingerprint density at radius 3 is 2.57 bits per heavy atom. The van der Waals surface area contributed by atoms with E-state index >= 15 is 0 Å². The van der Waals surface area contributed by atoms with E-state index in [1.165, 1.54) is 19.4 Å². The number of rotatable bonds is 7. The fourth-order valence-electron chi connectivity index (χ4n) is 1.54. The molecule has 0 aromatic rings. The summed E-state index contributed by atoms with van der Waals surface area (Å²) in [5.41, 5.74) is 5.48. The minimum Gasteiger partial charge on any atom is -0.394 e. The number of hydrogen-bond acceptors (Lipinski definition) is 3. The summed E-state index contributed by atoms with van der Waals surface area (Å²) in [7, 11) is 0. The van der Waals surface area contributed by atoms with Crippen LogP contribution in [0, 0.1) is 5.92 Å². The van der Waals surface area contributed by atoms with Gasteiger partial charge in [-0.15, -0.1) is 0 Å². The lowest BCUT2D eigenvalue weighted by molar-refractivity contribution is 0.174. The first-order valence-electron chi connectivity index (χ1n) is 5.69. The van der Waals surface area contributed by atoms with Gasteiger partial charge < -0.3 is 15.7 Å². The molecule has 1 aliphatic rings. The molecule has 0 amide bonds. The molecule has 3 N–H and O–H groups in total. The fourth-order valence-corrected chi connectivity index (χ4v) is 1.54. The third-order valence-electron chi connectivity index (χ3n) is 3.02. The highest BCUT2D eigenvalue weighted by molar-refractivity contribution is 4.81. The zero-order valence-corrected chi connectivity index (χ0v) is 9.50. The smallest absolute Gasteiger partial charge is 0.0608 e. The van der Waals surface area contributed by atoms with E-state index in [0.29, 0.717) is 0 Å². The summed E-state index contributed by atoms with van der Waals surface area (Å²) in [4.78, 5) is 2.44. The number of hydrogen-bond donors (Lipinski definition) is 2. The van der Waals surface area contributed by atoms with E-state index < -0.39 is 5.54 Å². The van der Waals surface area contributed by atoms with Gasteiger partial charge in [-0.3, -0.25) is 0 Å². The predicted molar refractivity (Wildman–Crippen MR) is 59.1 cm³/mol. The summed E-state index contributed by atoms with van der Waals surface area (Å²) in [5, 5.41) is 9.03. The summed E-state index contributed by atoms with van der Waals surface area (Å²) < 4.78 is 0. The Kier molecular flexibility index (Phi) is 4.35. The van der Waals surface area contributed by atoms with E-state index in [1.54, 1.807) is 0 Å². The van der Waals surface area contributed by atoms with E-state index in [1.807, 2.05) is 6.92 Å². The normalized spacial score (nSPS) is 21.2. The molecule has 1 rings (SSSR count). The van der Waals surface area contributed by atoms with E-state index in [-0.39, 0.29) is 6.61 Å². The van der Waals surface area contributed by atoms with Gasteiger partial charge in [-0.2, -0.15) is 0 Å². The van der Waals surface area contributed by atoms with Gasteiger partial charge in [0.1, 0.15) is 0 Å². The van der Waals surface area contributed by atoms with Gasteiger partial charge in [-0.1, -0.05) is 6.92 Å². The molecule has 14 heavy (non-hydrogen) atoms. The number of aliphatic hydroxyl groups is 1. The molecule has 0 spiro atoms. The van der Waals surface area contributed by atoms with Crippen LogP contribution in [-0.4, -0.2) is 41.8 Å². The van der Waals surface area contributed by atoms with Gasteiger partial charge in [0, 0.05) is 12.1 Å². The van der Waals surface area contributed by atoms with Gasteiger partial charge in [-0.05, 0) is 45.2 Å². The molecular weight excluding hydrogens is 176 g/mol. The first-order chi connectivity index (χ1) is 6.57. The van der Waals surface area contributed by atoms with Crippen molar-refractivity contribution in [2.75, 3.05) is 26.2 Å². The van der Waals surface area contributed by atoms with E-state index in [9.17, 15) is 0 Å². The van der Waals surface area contributed by atoms with Crippen molar-refractivity contribution in [1.29, 1.82) is 0 Å². The molecule has 3 nitrogen and oxygen atoms in total. The SMILES string of the molecule is CCN(CCC(C)(N)CO)CC1CC1. The lowest BCUT2D eigenvalue weighted by Gasteiger charge is -2.27. The van der Waals surface area contributed by atoms with Crippen molar-refractivity contribution >= 4 is 0 Å². The Hall–Kier alpha value is -0.120. The number of nitrogens with two attached hydrogens (primary N) is 1. The molecule has 0 aliphatic heterocycles. The monoisotopic (exact) mass is 200 g/mol. The van der Waals surface area contributed by atoms with Crippen LogP contribution in [0.25, 0.3) is 0 Å². The molecule has 1 saturated carbocycles. The van der Waals surface area contributed by atoms with Crippen LogP contribution in [0.15, 0.2) is 0 Å². The maximum atomic E-state index is 9.03. The molecule has 0 bridgehead atoms. The zero-order valence-electron chi connectivity index (χ0n) is 9.50. The molecule has 3 heteroatoms. The Labute approximate surface area is 87.3 Å². The van der Waals surface area contributed by atoms with Crippen LogP contribution in [0.3, 0.4) is 0 Å². The van der Waals surface area contributed by atoms with Crippen molar-refractivity contribution in [3.8, 4) is 0 Å². The van der Waals surface area contributed by atoms with E-state index in [0.717, 1.165) is 25.4 Å². The van der Waals surface area contributed by atoms with Crippen LogP contribution in [0.2, 0.25) is 0 Å². The standard InChI is InChI=1S/C11H24N2O/c1-3-13(8-10-4-5-10)7-6-11(2,12)9-14/h10,14H,3-9,12H2,1-2H3. The van der Waals surface area contributed by atoms with Crippen molar-refractivity contribution in [2.24, 2.45) is 11.7 Å². The van der Waals surface area contributed by atoms with Crippen LogP contribution < -0.4 is 5.73 Å². The lowest BCUT2D eigenvalue weighted by atomic mass is 10.0. The van der Waals surface area contributed by atoms with Crippen molar-refractivity contribution in [3.63, 3.8) is 0 Å². The fraction of sp³-hybridized carbons (Fsp3) is 1.00. The summed E-state index contributed by atoms with van der Waals surface area (Å²) in [6.45, 7) is 7.51. The van der Waals surface area contributed by atoms with Crippen LogP contribution >= 0.6 is 0 Å². The molecule has 1 aliphatic carbocycles. The second kappa shape index (κ2) is 5.10.